The van der Waals surface area contributed by atoms with Gasteiger partial charge in [-0.25, -0.2) is 0 Å². The molecule has 0 saturated heterocycles. The SMILES string of the molecule is CCOC(=O)C(C)(CC(C)(C)C(=O)OC)CC(C)(C)C(=O)OCCO. The van der Waals surface area contributed by atoms with Crippen molar-refractivity contribution >= 4 is 17.9 Å². The van der Waals surface area contributed by atoms with Gasteiger partial charge in [-0.2, -0.15) is 0 Å². The fourth-order valence-corrected chi connectivity index (χ4v) is 3.22. The van der Waals surface area contributed by atoms with E-state index in [1.807, 2.05) is 0 Å². The van der Waals surface area contributed by atoms with Crippen molar-refractivity contribution in [3.05, 3.63) is 0 Å². The van der Waals surface area contributed by atoms with Crippen molar-refractivity contribution in [2.75, 3.05) is 26.9 Å². The lowest BCUT2D eigenvalue weighted by molar-refractivity contribution is -0.167. The fraction of sp³-hybridized carbons (Fsp3) is 0.833. The number of ether oxygens (including phenoxy) is 3. The van der Waals surface area contributed by atoms with E-state index in [-0.39, 0.29) is 32.7 Å². The summed E-state index contributed by atoms with van der Waals surface area (Å²) in [7, 11) is 1.29. The molecule has 0 aromatic rings. The average molecular weight is 360 g/mol. The Kier molecular flexibility index (Phi) is 8.58. The molecule has 0 aliphatic heterocycles. The van der Waals surface area contributed by atoms with E-state index in [0.29, 0.717) is 0 Å². The van der Waals surface area contributed by atoms with Crippen LogP contribution in [0, 0.1) is 16.2 Å². The molecule has 0 aromatic heterocycles. The normalized spacial score (nSPS) is 14.4. The molecule has 146 valence electrons. The molecule has 0 spiro atoms. The number of rotatable bonds is 10. The van der Waals surface area contributed by atoms with Crippen LogP contribution in [-0.4, -0.2) is 49.9 Å². The van der Waals surface area contributed by atoms with Gasteiger partial charge in [-0.3, -0.25) is 14.4 Å². The Labute approximate surface area is 150 Å². The first kappa shape index (κ1) is 23.4. The van der Waals surface area contributed by atoms with Crippen LogP contribution in [0.1, 0.15) is 54.4 Å². The maximum Gasteiger partial charge on any atom is 0.311 e. The molecule has 0 amide bonds. The second-order valence-corrected chi connectivity index (χ2v) is 7.75. The van der Waals surface area contributed by atoms with Crippen LogP contribution in [-0.2, 0) is 28.6 Å². The predicted molar refractivity (Wildman–Crippen MR) is 91.6 cm³/mol. The standard InChI is InChI=1S/C18H32O7/c1-8-24-15(22)18(6,11-16(2,3)13(20)23-7)12-17(4,5)14(21)25-10-9-19/h19H,8-12H2,1-7H3. The molecular weight excluding hydrogens is 328 g/mol. The van der Waals surface area contributed by atoms with Gasteiger partial charge in [-0.15, -0.1) is 0 Å². The summed E-state index contributed by atoms with van der Waals surface area (Å²) in [4.78, 5) is 36.9. The summed E-state index contributed by atoms with van der Waals surface area (Å²) < 4.78 is 15.0. The van der Waals surface area contributed by atoms with E-state index in [1.165, 1.54) is 7.11 Å². The highest BCUT2D eigenvalue weighted by atomic mass is 16.5. The number of carbonyl (C=O) groups excluding carboxylic acids is 3. The molecule has 0 rings (SSSR count). The zero-order valence-electron chi connectivity index (χ0n) is 16.4. The Balaban J connectivity index is 5.58. The van der Waals surface area contributed by atoms with Crippen LogP contribution in [0.3, 0.4) is 0 Å². The first-order valence-corrected chi connectivity index (χ1v) is 8.40. The number of methoxy groups -OCH3 is 1. The van der Waals surface area contributed by atoms with Gasteiger partial charge in [-0.1, -0.05) is 0 Å². The molecule has 0 fully saturated rings. The molecule has 0 aromatic carbocycles. The lowest BCUT2D eigenvalue weighted by atomic mass is 9.66. The Morgan fingerprint density at radius 3 is 1.72 bits per heavy atom. The molecule has 0 aliphatic carbocycles. The van der Waals surface area contributed by atoms with Gasteiger partial charge in [0.25, 0.3) is 0 Å². The molecule has 0 radical (unpaired) electrons. The highest BCUT2D eigenvalue weighted by molar-refractivity contribution is 5.82. The molecule has 0 saturated carbocycles. The van der Waals surface area contributed by atoms with Crippen molar-refractivity contribution in [2.45, 2.75) is 54.4 Å². The number of esters is 3. The van der Waals surface area contributed by atoms with Crippen LogP contribution < -0.4 is 0 Å². The fourth-order valence-electron chi connectivity index (χ4n) is 3.22. The summed E-state index contributed by atoms with van der Waals surface area (Å²) in [6.45, 7) is 9.90. The molecule has 7 nitrogen and oxygen atoms in total. The van der Waals surface area contributed by atoms with E-state index in [4.69, 9.17) is 19.3 Å². The van der Waals surface area contributed by atoms with E-state index in [1.54, 1.807) is 41.5 Å². The number of hydrogen-bond acceptors (Lipinski definition) is 7. The van der Waals surface area contributed by atoms with E-state index >= 15 is 0 Å². The van der Waals surface area contributed by atoms with Crippen LogP contribution in [0.25, 0.3) is 0 Å². The number of aliphatic hydroxyl groups is 1. The van der Waals surface area contributed by atoms with Crippen molar-refractivity contribution in [1.82, 2.24) is 0 Å². The van der Waals surface area contributed by atoms with Crippen LogP contribution in [0.2, 0.25) is 0 Å². The average Bonchev–Trinajstić information content (AvgIpc) is 2.50. The third-order valence-electron chi connectivity index (χ3n) is 4.05. The smallest absolute Gasteiger partial charge is 0.311 e. The summed E-state index contributed by atoms with van der Waals surface area (Å²) in [6, 6.07) is 0. The van der Waals surface area contributed by atoms with Crippen molar-refractivity contribution in [3.63, 3.8) is 0 Å². The number of hydrogen-bond donors (Lipinski definition) is 1. The van der Waals surface area contributed by atoms with Crippen molar-refractivity contribution in [3.8, 4) is 0 Å². The van der Waals surface area contributed by atoms with Crippen LogP contribution in [0.15, 0.2) is 0 Å². The van der Waals surface area contributed by atoms with Crippen molar-refractivity contribution < 1.29 is 33.7 Å². The molecule has 25 heavy (non-hydrogen) atoms. The van der Waals surface area contributed by atoms with Gasteiger partial charge in [0.2, 0.25) is 0 Å². The summed E-state index contributed by atoms with van der Waals surface area (Å²) in [5, 5.41) is 8.81. The third kappa shape index (κ3) is 6.65. The monoisotopic (exact) mass is 360 g/mol. The first-order valence-electron chi connectivity index (χ1n) is 8.40. The topological polar surface area (TPSA) is 99.1 Å². The van der Waals surface area contributed by atoms with Crippen LogP contribution >= 0.6 is 0 Å². The minimum absolute atomic E-state index is 0.105. The van der Waals surface area contributed by atoms with Crippen molar-refractivity contribution in [2.24, 2.45) is 16.2 Å². The van der Waals surface area contributed by atoms with Gasteiger partial charge < -0.3 is 19.3 Å². The van der Waals surface area contributed by atoms with Gasteiger partial charge in [0.1, 0.15) is 6.61 Å². The van der Waals surface area contributed by atoms with Gasteiger partial charge in [0.05, 0.1) is 36.6 Å². The Morgan fingerprint density at radius 2 is 1.32 bits per heavy atom. The first-order chi connectivity index (χ1) is 11.4. The molecule has 0 heterocycles. The highest BCUT2D eigenvalue weighted by Crippen LogP contribution is 2.44. The maximum absolute atomic E-state index is 12.6. The van der Waals surface area contributed by atoms with E-state index in [0.717, 1.165) is 0 Å². The largest absolute Gasteiger partial charge is 0.469 e. The zero-order valence-corrected chi connectivity index (χ0v) is 16.4. The summed E-state index contributed by atoms with van der Waals surface area (Å²) in [6.07, 6.45) is 0.283. The Bertz CT molecular complexity index is 482. The maximum atomic E-state index is 12.6. The van der Waals surface area contributed by atoms with E-state index in [2.05, 4.69) is 0 Å². The molecule has 0 bridgehead atoms. The third-order valence-corrected chi connectivity index (χ3v) is 4.05. The molecule has 1 N–H and O–H groups in total. The number of aliphatic hydroxyl groups excluding tert-OH is 1. The Morgan fingerprint density at radius 1 is 0.840 bits per heavy atom. The second kappa shape index (κ2) is 9.17. The van der Waals surface area contributed by atoms with Crippen molar-refractivity contribution in [1.29, 1.82) is 0 Å². The minimum Gasteiger partial charge on any atom is -0.469 e. The lowest BCUT2D eigenvalue weighted by Gasteiger charge is -2.38. The minimum atomic E-state index is -1.09. The molecule has 1 unspecified atom stereocenters. The number of carbonyl (C=O) groups is 3. The molecule has 0 aliphatic rings. The lowest BCUT2D eigenvalue weighted by Crippen LogP contribution is -2.43. The second-order valence-electron chi connectivity index (χ2n) is 7.75. The molecule has 1 atom stereocenters. The summed E-state index contributed by atoms with van der Waals surface area (Å²) in [5.41, 5.74) is -3.01. The predicted octanol–water partition coefficient (Wildman–Crippen LogP) is 2.10. The van der Waals surface area contributed by atoms with Gasteiger partial charge in [0, 0.05) is 0 Å². The highest BCUT2D eigenvalue weighted by Gasteiger charge is 2.48. The van der Waals surface area contributed by atoms with E-state index in [9.17, 15) is 14.4 Å². The van der Waals surface area contributed by atoms with Gasteiger partial charge in [-0.05, 0) is 54.4 Å². The molecular formula is C18H32O7. The van der Waals surface area contributed by atoms with Crippen LogP contribution in [0.5, 0.6) is 0 Å². The van der Waals surface area contributed by atoms with Gasteiger partial charge >= 0.3 is 17.9 Å². The molecule has 7 heteroatoms. The zero-order chi connectivity index (χ0) is 19.9. The summed E-state index contributed by atoms with van der Waals surface area (Å²) >= 11 is 0. The van der Waals surface area contributed by atoms with Gasteiger partial charge in [0.15, 0.2) is 0 Å². The summed E-state index contributed by atoms with van der Waals surface area (Å²) in [5.74, 6) is -1.44. The van der Waals surface area contributed by atoms with E-state index < -0.39 is 34.2 Å². The Hall–Kier alpha value is -1.63. The van der Waals surface area contributed by atoms with Crippen LogP contribution in [0.4, 0.5) is 0 Å². The quantitative estimate of drug-likeness (QED) is 0.470.